The number of anilines is 1. The van der Waals surface area contributed by atoms with Crippen molar-refractivity contribution in [2.45, 2.75) is 26.3 Å². The van der Waals surface area contributed by atoms with Crippen LogP contribution in [-0.4, -0.2) is 34.4 Å². The third kappa shape index (κ3) is 4.40. The van der Waals surface area contributed by atoms with Gasteiger partial charge in [0.25, 0.3) is 5.91 Å². The Morgan fingerprint density at radius 1 is 1.22 bits per heavy atom. The highest BCUT2D eigenvalue weighted by molar-refractivity contribution is 6.39. The number of carbonyl (C=O) groups is 1. The minimum Gasteiger partial charge on any atom is -0.385 e. The Labute approximate surface area is 167 Å². The number of nitrogens with one attached hydrogen (secondary N) is 1. The number of pyridine rings is 1. The zero-order valence-corrected chi connectivity index (χ0v) is 16.6. The van der Waals surface area contributed by atoms with E-state index in [1.807, 2.05) is 11.6 Å². The first-order chi connectivity index (χ1) is 13.0. The molecular formula is C19H20Cl2N4O2. The Hall–Kier alpha value is -2.15. The first-order valence-corrected chi connectivity index (χ1v) is 9.34. The summed E-state index contributed by atoms with van der Waals surface area (Å²) in [6, 6.07) is 6.86. The highest BCUT2D eigenvalue weighted by Gasteiger charge is 2.19. The maximum Gasteiger partial charge on any atom is 0.258 e. The van der Waals surface area contributed by atoms with E-state index in [1.54, 1.807) is 31.4 Å². The van der Waals surface area contributed by atoms with Crippen LogP contribution in [0, 0.1) is 6.92 Å². The number of ether oxygens (including phenoxy) is 1. The van der Waals surface area contributed by atoms with Crippen LogP contribution in [-0.2, 0) is 11.3 Å². The van der Waals surface area contributed by atoms with Crippen LogP contribution in [0.5, 0.6) is 0 Å². The summed E-state index contributed by atoms with van der Waals surface area (Å²) >= 11 is 12.4. The molecule has 3 rings (SSSR count). The van der Waals surface area contributed by atoms with E-state index in [0.717, 1.165) is 18.5 Å². The summed E-state index contributed by atoms with van der Waals surface area (Å²) in [7, 11) is 1.69. The number of rotatable bonds is 7. The summed E-state index contributed by atoms with van der Waals surface area (Å²) in [5.74, 6) is -0.330. The Morgan fingerprint density at radius 3 is 2.67 bits per heavy atom. The zero-order chi connectivity index (χ0) is 19.4. The predicted molar refractivity (Wildman–Crippen MR) is 108 cm³/mol. The number of halogens is 2. The van der Waals surface area contributed by atoms with E-state index in [-0.39, 0.29) is 5.91 Å². The molecule has 1 amide bonds. The maximum atomic E-state index is 12.6. The molecule has 0 radical (unpaired) electrons. The first kappa shape index (κ1) is 19.6. The molecule has 2 aromatic heterocycles. The number of unbranched alkanes of at least 4 members (excludes halogenated alkanes) is 1. The monoisotopic (exact) mass is 406 g/mol. The SMILES string of the molecule is COCCCCn1nc(C)c2c(Cl)c(C(=O)Nc3ccc(Cl)cc3)cnc21. The van der Waals surface area contributed by atoms with Crippen molar-refractivity contribution in [2.24, 2.45) is 0 Å². The molecule has 0 aliphatic rings. The van der Waals surface area contributed by atoms with E-state index in [2.05, 4.69) is 15.4 Å². The second kappa shape index (κ2) is 8.69. The van der Waals surface area contributed by atoms with Crippen LogP contribution in [0.3, 0.4) is 0 Å². The molecule has 1 aromatic carbocycles. The number of methoxy groups -OCH3 is 1. The van der Waals surface area contributed by atoms with Gasteiger partial charge in [-0.2, -0.15) is 5.10 Å². The molecule has 0 bridgehead atoms. The number of carbonyl (C=O) groups excluding carboxylic acids is 1. The summed E-state index contributed by atoms with van der Waals surface area (Å²) < 4.78 is 6.90. The van der Waals surface area contributed by atoms with Crippen molar-refractivity contribution in [1.82, 2.24) is 14.8 Å². The van der Waals surface area contributed by atoms with Crippen LogP contribution >= 0.6 is 23.2 Å². The van der Waals surface area contributed by atoms with Crippen molar-refractivity contribution in [2.75, 3.05) is 19.0 Å². The fourth-order valence-corrected chi connectivity index (χ4v) is 3.31. The Kier molecular flexibility index (Phi) is 6.31. The number of hydrogen-bond acceptors (Lipinski definition) is 4. The summed E-state index contributed by atoms with van der Waals surface area (Å²) in [4.78, 5) is 17.1. The van der Waals surface area contributed by atoms with Gasteiger partial charge in [0.1, 0.15) is 0 Å². The molecule has 0 fully saturated rings. The minimum absolute atomic E-state index is 0.307. The van der Waals surface area contributed by atoms with Gasteiger partial charge in [-0.25, -0.2) is 9.67 Å². The molecule has 0 aliphatic heterocycles. The average molecular weight is 407 g/mol. The van der Waals surface area contributed by atoms with Gasteiger partial charge in [0.05, 0.1) is 21.7 Å². The molecule has 0 atom stereocenters. The van der Waals surface area contributed by atoms with Crippen LogP contribution in [0.2, 0.25) is 10.0 Å². The summed E-state index contributed by atoms with van der Waals surface area (Å²) in [5, 5.41) is 8.98. The standard InChI is InChI=1S/C19H20Cl2N4O2/c1-12-16-17(21)15(19(26)23-14-7-5-13(20)6-8-14)11-22-18(16)25(24-12)9-3-4-10-27-2/h5-8,11H,3-4,9-10H2,1-2H3,(H,23,26). The molecule has 0 spiro atoms. The molecule has 0 saturated carbocycles. The number of fused-ring (bicyclic) bond motifs is 1. The van der Waals surface area contributed by atoms with Gasteiger partial charge in [-0.1, -0.05) is 23.2 Å². The Balaban J connectivity index is 1.85. The van der Waals surface area contributed by atoms with Gasteiger partial charge in [-0.05, 0) is 44.0 Å². The van der Waals surface area contributed by atoms with Crippen LogP contribution in [0.4, 0.5) is 5.69 Å². The van der Waals surface area contributed by atoms with Crippen molar-refractivity contribution in [1.29, 1.82) is 0 Å². The molecule has 0 unspecified atom stereocenters. The summed E-state index contributed by atoms with van der Waals surface area (Å²) in [6.07, 6.45) is 3.34. The number of amides is 1. The van der Waals surface area contributed by atoms with Gasteiger partial charge in [0, 0.05) is 37.2 Å². The maximum absolute atomic E-state index is 12.6. The van der Waals surface area contributed by atoms with Crippen molar-refractivity contribution >= 4 is 45.8 Å². The third-order valence-corrected chi connectivity index (χ3v) is 4.83. The minimum atomic E-state index is -0.330. The largest absolute Gasteiger partial charge is 0.385 e. The molecule has 27 heavy (non-hydrogen) atoms. The highest BCUT2D eigenvalue weighted by Crippen LogP contribution is 2.29. The van der Waals surface area contributed by atoms with Gasteiger partial charge < -0.3 is 10.1 Å². The molecule has 8 heteroatoms. The number of aryl methyl sites for hydroxylation is 2. The second-order valence-corrected chi connectivity index (χ2v) is 6.97. The molecule has 3 aromatic rings. The van der Waals surface area contributed by atoms with E-state index in [0.29, 0.717) is 45.5 Å². The predicted octanol–water partition coefficient (Wildman–Crippen LogP) is 4.73. The van der Waals surface area contributed by atoms with Gasteiger partial charge in [-0.3, -0.25) is 4.79 Å². The second-order valence-electron chi connectivity index (χ2n) is 6.15. The van der Waals surface area contributed by atoms with Gasteiger partial charge >= 0.3 is 0 Å². The average Bonchev–Trinajstić information content (AvgIpc) is 2.97. The fourth-order valence-electron chi connectivity index (χ4n) is 2.83. The summed E-state index contributed by atoms with van der Waals surface area (Å²) in [6.45, 7) is 3.29. The van der Waals surface area contributed by atoms with Crippen molar-refractivity contribution in [3.8, 4) is 0 Å². The highest BCUT2D eigenvalue weighted by atomic mass is 35.5. The lowest BCUT2D eigenvalue weighted by atomic mass is 10.2. The molecular weight excluding hydrogens is 387 g/mol. The van der Waals surface area contributed by atoms with E-state index < -0.39 is 0 Å². The quantitative estimate of drug-likeness (QED) is 0.575. The Morgan fingerprint density at radius 2 is 1.96 bits per heavy atom. The van der Waals surface area contributed by atoms with Crippen LogP contribution in [0.15, 0.2) is 30.5 Å². The van der Waals surface area contributed by atoms with Gasteiger partial charge in [-0.15, -0.1) is 0 Å². The Bertz CT molecular complexity index is 954. The lowest BCUT2D eigenvalue weighted by Gasteiger charge is -2.08. The number of aromatic nitrogens is 3. The molecule has 0 aliphatic carbocycles. The number of hydrogen-bond donors (Lipinski definition) is 1. The molecule has 2 heterocycles. The topological polar surface area (TPSA) is 69.0 Å². The summed E-state index contributed by atoms with van der Waals surface area (Å²) in [5.41, 5.74) is 2.36. The van der Waals surface area contributed by atoms with E-state index >= 15 is 0 Å². The van der Waals surface area contributed by atoms with E-state index in [4.69, 9.17) is 27.9 Å². The van der Waals surface area contributed by atoms with Crippen LogP contribution in [0.1, 0.15) is 28.9 Å². The third-order valence-electron chi connectivity index (χ3n) is 4.19. The lowest BCUT2D eigenvalue weighted by Crippen LogP contribution is -2.13. The van der Waals surface area contributed by atoms with Crippen molar-refractivity contribution in [3.05, 3.63) is 51.8 Å². The van der Waals surface area contributed by atoms with Crippen LogP contribution < -0.4 is 5.32 Å². The zero-order valence-electron chi connectivity index (χ0n) is 15.1. The van der Waals surface area contributed by atoms with Crippen molar-refractivity contribution in [3.63, 3.8) is 0 Å². The normalized spacial score (nSPS) is 11.1. The van der Waals surface area contributed by atoms with Gasteiger partial charge in [0.2, 0.25) is 0 Å². The van der Waals surface area contributed by atoms with E-state index in [9.17, 15) is 4.79 Å². The molecule has 6 nitrogen and oxygen atoms in total. The van der Waals surface area contributed by atoms with E-state index in [1.165, 1.54) is 6.20 Å². The lowest BCUT2D eigenvalue weighted by molar-refractivity contribution is 0.102. The van der Waals surface area contributed by atoms with Crippen LogP contribution in [0.25, 0.3) is 11.0 Å². The fraction of sp³-hybridized carbons (Fsp3) is 0.316. The molecule has 1 N–H and O–H groups in total. The first-order valence-electron chi connectivity index (χ1n) is 8.58. The van der Waals surface area contributed by atoms with Crippen molar-refractivity contribution < 1.29 is 9.53 Å². The smallest absolute Gasteiger partial charge is 0.258 e. The molecule has 142 valence electrons. The number of benzene rings is 1. The number of nitrogens with zero attached hydrogens (tertiary/aromatic N) is 3. The molecule has 0 saturated heterocycles. The van der Waals surface area contributed by atoms with Gasteiger partial charge in [0.15, 0.2) is 5.65 Å².